The predicted molar refractivity (Wildman–Crippen MR) is 318 cm³/mol. The van der Waals surface area contributed by atoms with Gasteiger partial charge in [-0.15, -0.1) is 12.4 Å². The average Bonchev–Trinajstić information content (AvgIpc) is 4.27. The molecule has 3 aromatic carbocycles. The summed E-state index contributed by atoms with van der Waals surface area (Å²) in [6.07, 6.45) is 5.00. The first-order valence-corrected chi connectivity index (χ1v) is 28.2. The summed E-state index contributed by atoms with van der Waals surface area (Å²) in [5.41, 5.74) is -0.0338. The highest BCUT2D eigenvalue weighted by atomic mass is 79.9. The normalized spacial score (nSPS) is 23.6. The second-order valence-corrected chi connectivity index (χ2v) is 26.7. The van der Waals surface area contributed by atoms with Crippen LogP contribution in [0.5, 0.6) is 0 Å². The van der Waals surface area contributed by atoms with E-state index in [2.05, 4.69) is 31.9 Å². The van der Waals surface area contributed by atoms with Crippen LogP contribution in [0.2, 0.25) is 0 Å². The van der Waals surface area contributed by atoms with Crippen molar-refractivity contribution in [1.82, 2.24) is 0 Å². The lowest BCUT2D eigenvalue weighted by atomic mass is 9.49. The minimum Gasteiger partial charge on any atom is -0.481 e. The highest BCUT2D eigenvalue weighted by Crippen LogP contribution is 2.51. The van der Waals surface area contributed by atoms with Crippen LogP contribution in [0.4, 0.5) is 0 Å². The van der Waals surface area contributed by atoms with Gasteiger partial charge in [0.25, 0.3) is 0 Å². The Kier molecular flexibility index (Phi) is 21.9. The van der Waals surface area contributed by atoms with Crippen molar-refractivity contribution in [2.45, 2.75) is 210 Å². The highest BCUT2D eigenvalue weighted by molar-refractivity contribution is 9.10. The van der Waals surface area contributed by atoms with Crippen LogP contribution in [-0.2, 0) is 77.3 Å². The average molecular weight is 1250 g/mol. The Morgan fingerprint density at radius 1 is 0.468 bits per heavy atom. The molecule has 3 aliphatic carbocycles. The largest absolute Gasteiger partial charge is 0.494 e. The van der Waals surface area contributed by atoms with Gasteiger partial charge in [0.1, 0.15) is 0 Å². The molecule has 7 aliphatic rings. The minimum absolute atomic E-state index is 0. The first-order valence-electron chi connectivity index (χ1n) is 26.6. The fraction of sp³-hybridized carbons (Fsp3) is 0.632. The maximum atomic E-state index is 12.1. The first kappa shape index (κ1) is 68.7. The van der Waals surface area contributed by atoms with Crippen LogP contribution in [0.25, 0.3) is 0 Å². The van der Waals surface area contributed by atoms with Crippen molar-refractivity contribution in [3.8, 4) is 0 Å². The SMILES string of the molecule is CC1(C)OB(B2OC(C)(C)C(C)(C)O2)OC1(C)C.CC1(C)O[B]OC1(C)C.CO.COC(=O)C1(c2cccc(B3OC(C)(C)C(C)(C)O3)c2)CC1.COC(=O)C1(c2cccc(Br)c2)CC1.Cl.O=C(O)C1(c2cccc(Br)c2)CC1. The lowest BCUT2D eigenvalue weighted by molar-refractivity contribution is -0.144. The van der Waals surface area contributed by atoms with Crippen molar-refractivity contribution >= 4 is 96.5 Å². The van der Waals surface area contributed by atoms with Gasteiger partial charge in [0.05, 0.1) is 75.3 Å². The first-order chi connectivity index (χ1) is 35.9. The van der Waals surface area contributed by atoms with E-state index in [1.54, 1.807) is 0 Å². The van der Waals surface area contributed by atoms with E-state index < -0.39 is 37.9 Å². The lowest BCUT2D eigenvalue weighted by Gasteiger charge is -2.32. The van der Waals surface area contributed by atoms with Gasteiger partial charge in [-0.3, -0.25) is 14.4 Å². The van der Waals surface area contributed by atoms with E-state index in [1.807, 2.05) is 184 Å². The molecule has 0 aromatic heterocycles. The molecule has 79 heavy (non-hydrogen) atoms. The molecule has 0 atom stereocenters. The van der Waals surface area contributed by atoms with Gasteiger partial charge in [0.15, 0.2) is 0 Å². The van der Waals surface area contributed by atoms with Crippen molar-refractivity contribution in [3.05, 3.63) is 98.4 Å². The zero-order chi connectivity index (χ0) is 58.9. The Balaban J connectivity index is 0.000000216. The van der Waals surface area contributed by atoms with E-state index in [1.165, 1.54) is 21.9 Å². The molecule has 4 heterocycles. The Bertz CT molecular complexity index is 2500. The Morgan fingerprint density at radius 2 is 0.759 bits per heavy atom. The molecule has 0 unspecified atom stereocenters. The molecule has 10 rings (SSSR count). The number of carboxylic acid groups (broad SMARTS) is 1. The molecule has 0 spiro atoms. The number of rotatable bonds is 8. The molecule has 15 nitrogen and oxygen atoms in total. The third-order valence-corrected chi connectivity index (χ3v) is 18.4. The zero-order valence-electron chi connectivity index (χ0n) is 49.8. The Morgan fingerprint density at radius 3 is 1.03 bits per heavy atom. The molecule has 22 heteroatoms. The molecular weight excluding hydrogens is 1160 g/mol. The molecule has 4 saturated heterocycles. The third-order valence-electron chi connectivity index (χ3n) is 17.4. The number of carbonyl (C=O) groups is 3. The van der Waals surface area contributed by atoms with Crippen molar-refractivity contribution in [2.75, 3.05) is 21.3 Å². The second-order valence-electron chi connectivity index (χ2n) is 24.9. The number of ether oxygens (including phenoxy) is 2. The summed E-state index contributed by atoms with van der Waals surface area (Å²) in [5.74, 6) is -0.972. The predicted octanol–water partition coefficient (Wildman–Crippen LogP) is 10.8. The maximum absolute atomic E-state index is 12.1. The van der Waals surface area contributed by atoms with Crippen LogP contribution in [0.15, 0.2) is 81.7 Å². The summed E-state index contributed by atoms with van der Waals surface area (Å²) in [6.45, 7) is 32.4. The Hall–Kier alpha value is -2.78. The maximum Gasteiger partial charge on any atom is 0.494 e. The number of esters is 2. The molecule has 4 aliphatic heterocycles. The van der Waals surface area contributed by atoms with Crippen molar-refractivity contribution in [3.63, 3.8) is 0 Å². The van der Waals surface area contributed by atoms with Crippen LogP contribution in [0.1, 0.15) is 166 Å². The van der Waals surface area contributed by atoms with E-state index in [9.17, 15) is 14.4 Å². The summed E-state index contributed by atoms with van der Waals surface area (Å²) < 4.78 is 58.2. The van der Waals surface area contributed by atoms with Gasteiger partial charge in [-0.1, -0.05) is 80.4 Å². The quantitative estimate of drug-likeness (QED) is 0.160. The number of benzene rings is 3. The van der Waals surface area contributed by atoms with Crippen molar-refractivity contribution < 1.29 is 71.3 Å². The highest BCUT2D eigenvalue weighted by Gasteiger charge is 2.64. The van der Waals surface area contributed by atoms with Gasteiger partial charge in [-0.2, -0.15) is 0 Å². The number of hydrogen-bond acceptors (Lipinski definition) is 14. The number of carbonyl (C=O) groups excluding carboxylic acids is 2. The smallest absolute Gasteiger partial charge is 0.481 e. The van der Waals surface area contributed by atoms with Crippen molar-refractivity contribution in [2.24, 2.45) is 0 Å². The summed E-state index contributed by atoms with van der Waals surface area (Å²) in [5, 5.41) is 16.0. The van der Waals surface area contributed by atoms with Gasteiger partial charge in [0.2, 0.25) is 0 Å². The lowest BCUT2D eigenvalue weighted by Crippen LogP contribution is -2.41. The molecular formula is C57H84B4Br2ClO15. The fourth-order valence-electron chi connectivity index (χ4n) is 8.70. The van der Waals surface area contributed by atoms with Gasteiger partial charge in [-0.05, 0) is 196 Å². The monoisotopic (exact) mass is 1250 g/mol. The molecule has 435 valence electrons. The number of aliphatic hydroxyl groups excluding tert-OH is 1. The number of aliphatic carboxylic acids is 1. The minimum atomic E-state index is -0.703. The molecule has 0 bridgehead atoms. The zero-order valence-corrected chi connectivity index (χ0v) is 53.8. The van der Waals surface area contributed by atoms with Crippen LogP contribution in [0.3, 0.4) is 0 Å². The summed E-state index contributed by atoms with van der Waals surface area (Å²) in [4.78, 5) is 34.6. The number of carboxylic acids is 1. The van der Waals surface area contributed by atoms with Gasteiger partial charge in [-0.25, -0.2) is 0 Å². The van der Waals surface area contributed by atoms with E-state index in [0.29, 0.717) is 0 Å². The standard InChI is InChI=1S/C17H23BO4.C12H24B2O4.C11H11BrO2.C10H9BrO2.C6H12BO2.CH4O.ClH/c1-15(2)16(3,4)22-18(21-15)13-8-6-7-12(11-13)17(9-10-17)14(19)20-5;1-9(2)10(3,4)16-13(15-9)14-17-11(5,6)12(7,8)18-14;1-14-10(13)11(5-6-11)8-3-2-4-9(12)7-8;11-8-3-1-2-7(6-8)10(4-5-10)9(12)13;1-5(2)6(3,4)9-7-8-5;1-2;/h6-8,11H,9-10H2,1-5H3;1-8H3;2-4,7H,5-6H2,1H3;1-3,6H,4-5H2,(H,12,13);1-4H3;2H,1H3;1H. The summed E-state index contributed by atoms with van der Waals surface area (Å²) in [7, 11) is 3.95. The van der Waals surface area contributed by atoms with E-state index in [0.717, 1.165) is 76.7 Å². The topological polar surface area (TPSA) is 184 Å². The molecule has 2 N–H and O–H groups in total. The molecule has 3 saturated carbocycles. The van der Waals surface area contributed by atoms with Crippen LogP contribution in [0, 0.1) is 0 Å². The van der Waals surface area contributed by atoms with Crippen LogP contribution >= 0.6 is 44.3 Å². The summed E-state index contributed by atoms with van der Waals surface area (Å²) >= 11 is 6.74. The number of aliphatic hydroxyl groups is 1. The number of halogens is 3. The number of hydrogen-bond donors (Lipinski definition) is 2. The van der Waals surface area contributed by atoms with E-state index in [-0.39, 0.29) is 74.6 Å². The fourth-order valence-corrected chi connectivity index (χ4v) is 9.49. The van der Waals surface area contributed by atoms with Gasteiger partial charge in [0, 0.05) is 16.1 Å². The molecule has 1 radical (unpaired) electrons. The molecule has 3 aromatic rings. The third kappa shape index (κ3) is 15.0. The van der Waals surface area contributed by atoms with Crippen molar-refractivity contribution in [1.29, 1.82) is 0 Å². The second kappa shape index (κ2) is 25.2. The van der Waals surface area contributed by atoms with Gasteiger partial charge < -0.3 is 56.9 Å². The van der Waals surface area contributed by atoms with E-state index >= 15 is 0 Å². The van der Waals surface area contributed by atoms with Crippen LogP contribution in [-0.4, -0.2) is 123 Å². The van der Waals surface area contributed by atoms with Crippen LogP contribution < -0.4 is 5.46 Å². The van der Waals surface area contributed by atoms with E-state index in [4.69, 9.17) is 56.9 Å². The molecule has 0 amide bonds. The Labute approximate surface area is 495 Å². The number of methoxy groups -OCH3 is 2. The van der Waals surface area contributed by atoms with Gasteiger partial charge >= 0.3 is 46.7 Å². The molecule has 7 fully saturated rings. The summed E-state index contributed by atoms with van der Waals surface area (Å²) in [6, 6.07) is 23.4.